The second kappa shape index (κ2) is 5.41. The Morgan fingerprint density at radius 3 is 3.00 bits per heavy atom. The number of halogens is 1. The fourth-order valence-corrected chi connectivity index (χ4v) is 3.26. The maximum absolute atomic E-state index is 8.20. The maximum Gasteiger partial charge on any atom is 0.195 e. The average molecular weight is 300 g/mol. The smallest absolute Gasteiger partial charge is 0.195 e. The summed E-state index contributed by atoms with van der Waals surface area (Å²) in [7, 11) is 0. The van der Waals surface area contributed by atoms with Crippen molar-refractivity contribution in [1.82, 2.24) is 5.32 Å². The van der Waals surface area contributed by atoms with Crippen molar-refractivity contribution in [2.75, 3.05) is 18.0 Å². The van der Waals surface area contributed by atoms with Gasteiger partial charge in [-0.1, -0.05) is 42.8 Å². The molecule has 3 rings (SSSR count). The van der Waals surface area contributed by atoms with Crippen LogP contribution in [0.3, 0.4) is 0 Å². The van der Waals surface area contributed by atoms with E-state index in [1.807, 2.05) is 23.1 Å². The molecule has 2 aromatic carbocycles. The van der Waals surface area contributed by atoms with Gasteiger partial charge in [0.2, 0.25) is 0 Å². The molecule has 108 valence electrons. The van der Waals surface area contributed by atoms with E-state index in [0.29, 0.717) is 18.4 Å². The highest BCUT2D eigenvalue weighted by molar-refractivity contribution is 6.35. The quantitative estimate of drug-likeness (QED) is 0.497. The molecule has 3 nitrogen and oxygen atoms in total. The Morgan fingerprint density at radius 2 is 2.24 bits per heavy atom. The average Bonchev–Trinajstić information content (AvgIpc) is 2.83. The molecule has 2 N–H and O–H groups in total. The van der Waals surface area contributed by atoms with Crippen LogP contribution in [0.15, 0.2) is 43.0 Å². The standard InChI is InChI=1S/C17H18ClN3/c1-3-9-20-17(19)21-10-11(2)16-13-5-4-6-14(18)12(13)7-8-15(16)21/h3-8,11H,1,9-10H2,2H3,(H2,19,20). The lowest BCUT2D eigenvalue weighted by atomic mass is 9.96. The highest BCUT2D eigenvalue weighted by Crippen LogP contribution is 2.42. The molecule has 2 aromatic rings. The summed E-state index contributed by atoms with van der Waals surface area (Å²) in [6, 6.07) is 10.1. The molecule has 1 aliphatic heterocycles. The summed E-state index contributed by atoms with van der Waals surface area (Å²) in [6.45, 7) is 7.28. The predicted octanol–water partition coefficient (Wildman–Crippen LogP) is 4.13. The summed E-state index contributed by atoms with van der Waals surface area (Å²) in [5.41, 5.74) is 2.37. The Bertz CT molecular complexity index is 723. The number of fused-ring (bicyclic) bond motifs is 3. The van der Waals surface area contributed by atoms with Crippen molar-refractivity contribution in [3.8, 4) is 0 Å². The molecule has 1 aliphatic rings. The third-order valence-electron chi connectivity index (χ3n) is 3.95. The van der Waals surface area contributed by atoms with Gasteiger partial charge in [-0.25, -0.2) is 0 Å². The van der Waals surface area contributed by atoms with Crippen LogP contribution in [0.5, 0.6) is 0 Å². The Balaban J connectivity index is 2.09. The molecule has 0 saturated carbocycles. The molecular weight excluding hydrogens is 282 g/mol. The van der Waals surface area contributed by atoms with Crippen molar-refractivity contribution in [2.24, 2.45) is 0 Å². The van der Waals surface area contributed by atoms with E-state index in [9.17, 15) is 0 Å². The zero-order valence-electron chi connectivity index (χ0n) is 12.0. The molecule has 0 radical (unpaired) electrons. The molecule has 1 unspecified atom stereocenters. The number of nitrogens with zero attached hydrogens (tertiary/aromatic N) is 1. The first kappa shape index (κ1) is 14.0. The van der Waals surface area contributed by atoms with E-state index in [2.05, 4.69) is 31.0 Å². The second-order valence-corrected chi connectivity index (χ2v) is 5.77. The SMILES string of the molecule is C=CCNC(=N)N1CC(C)c2c1ccc1c(Cl)cccc21. The van der Waals surface area contributed by atoms with Crippen molar-refractivity contribution < 1.29 is 0 Å². The summed E-state index contributed by atoms with van der Waals surface area (Å²) in [5.74, 6) is 0.787. The molecule has 0 aliphatic carbocycles. The van der Waals surface area contributed by atoms with Gasteiger partial charge in [0.1, 0.15) is 0 Å². The summed E-state index contributed by atoms with van der Waals surface area (Å²) < 4.78 is 0. The normalized spacial score (nSPS) is 16.9. The first-order chi connectivity index (χ1) is 10.1. The van der Waals surface area contributed by atoms with Gasteiger partial charge in [-0.2, -0.15) is 0 Å². The topological polar surface area (TPSA) is 39.1 Å². The van der Waals surface area contributed by atoms with Gasteiger partial charge in [0, 0.05) is 35.1 Å². The maximum atomic E-state index is 8.20. The van der Waals surface area contributed by atoms with Gasteiger partial charge in [-0.05, 0) is 23.1 Å². The van der Waals surface area contributed by atoms with Crippen LogP contribution in [-0.2, 0) is 0 Å². The highest BCUT2D eigenvalue weighted by atomic mass is 35.5. The second-order valence-electron chi connectivity index (χ2n) is 5.36. The molecule has 0 spiro atoms. The molecular formula is C17H18ClN3. The van der Waals surface area contributed by atoms with Gasteiger partial charge in [0.15, 0.2) is 5.96 Å². The van der Waals surface area contributed by atoms with E-state index in [1.54, 1.807) is 6.08 Å². The number of benzene rings is 2. The Morgan fingerprint density at radius 1 is 1.43 bits per heavy atom. The predicted molar refractivity (Wildman–Crippen MR) is 90.6 cm³/mol. The summed E-state index contributed by atoms with van der Waals surface area (Å²) in [4.78, 5) is 2.02. The third-order valence-corrected chi connectivity index (χ3v) is 4.28. The number of hydrogen-bond acceptors (Lipinski definition) is 1. The first-order valence-electron chi connectivity index (χ1n) is 7.05. The third kappa shape index (κ3) is 2.28. The molecule has 0 amide bonds. The first-order valence-corrected chi connectivity index (χ1v) is 7.43. The Kier molecular flexibility index (Phi) is 3.60. The number of anilines is 1. The summed E-state index contributed by atoms with van der Waals surface area (Å²) in [5, 5.41) is 14.3. The molecule has 1 atom stereocenters. The lowest BCUT2D eigenvalue weighted by Crippen LogP contribution is -2.39. The lowest BCUT2D eigenvalue weighted by molar-refractivity contribution is 0.810. The molecule has 0 saturated heterocycles. The zero-order chi connectivity index (χ0) is 15.0. The van der Waals surface area contributed by atoms with Crippen LogP contribution < -0.4 is 10.2 Å². The van der Waals surface area contributed by atoms with Gasteiger partial charge in [-0.15, -0.1) is 6.58 Å². The van der Waals surface area contributed by atoms with E-state index < -0.39 is 0 Å². The molecule has 4 heteroatoms. The van der Waals surface area contributed by atoms with E-state index in [1.165, 1.54) is 10.9 Å². The minimum atomic E-state index is 0.369. The van der Waals surface area contributed by atoms with Crippen LogP contribution in [0.1, 0.15) is 18.4 Å². The van der Waals surface area contributed by atoms with Crippen molar-refractivity contribution in [1.29, 1.82) is 5.41 Å². The zero-order valence-corrected chi connectivity index (χ0v) is 12.7. The molecule has 21 heavy (non-hydrogen) atoms. The van der Waals surface area contributed by atoms with Crippen LogP contribution in [-0.4, -0.2) is 19.0 Å². The van der Waals surface area contributed by atoms with Crippen molar-refractivity contribution >= 4 is 34.0 Å². The van der Waals surface area contributed by atoms with Gasteiger partial charge in [-0.3, -0.25) is 5.41 Å². The largest absolute Gasteiger partial charge is 0.353 e. The van der Waals surface area contributed by atoms with E-state index in [0.717, 1.165) is 22.6 Å². The molecule has 1 heterocycles. The van der Waals surface area contributed by atoms with Gasteiger partial charge in [0.05, 0.1) is 0 Å². The lowest BCUT2D eigenvalue weighted by Gasteiger charge is -2.21. The van der Waals surface area contributed by atoms with Crippen LogP contribution in [0.4, 0.5) is 5.69 Å². The van der Waals surface area contributed by atoms with Crippen LogP contribution in [0.25, 0.3) is 10.8 Å². The van der Waals surface area contributed by atoms with Gasteiger partial charge in [0.25, 0.3) is 0 Å². The van der Waals surface area contributed by atoms with Crippen molar-refractivity contribution in [2.45, 2.75) is 12.8 Å². The van der Waals surface area contributed by atoms with Crippen molar-refractivity contribution in [3.05, 3.63) is 53.6 Å². The number of hydrogen-bond donors (Lipinski definition) is 2. The Hall–Kier alpha value is -2.00. The molecule has 0 aromatic heterocycles. The molecule has 0 fully saturated rings. The summed E-state index contributed by atoms with van der Waals surface area (Å²) >= 11 is 6.29. The fraction of sp³-hybridized carbons (Fsp3) is 0.235. The van der Waals surface area contributed by atoms with Crippen LogP contribution >= 0.6 is 11.6 Å². The Labute approximate surface area is 129 Å². The van der Waals surface area contributed by atoms with E-state index in [-0.39, 0.29) is 0 Å². The monoisotopic (exact) mass is 299 g/mol. The summed E-state index contributed by atoms with van der Waals surface area (Å²) in [6.07, 6.45) is 1.76. The minimum absolute atomic E-state index is 0.369. The van der Waals surface area contributed by atoms with E-state index in [4.69, 9.17) is 17.0 Å². The van der Waals surface area contributed by atoms with Crippen molar-refractivity contribution in [3.63, 3.8) is 0 Å². The highest BCUT2D eigenvalue weighted by Gasteiger charge is 2.29. The number of rotatable bonds is 2. The molecule has 0 bridgehead atoms. The van der Waals surface area contributed by atoms with E-state index >= 15 is 0 Å². The fourth-order valence-electron chi connectivity index (χ4n) is 3.02. The van der Waals surface area contributed by atoms with Gasteiger partial charge >= 0.3 is 0 Å². The number of nitrogens with one attached hydrogen (secondary N) is 2. The minimum Gasteiger partial charge on any atom is -0.353 e. The van der Waals surface area contributed by atoms with Crippen LogP contribution in [0.2, 0.25) is 5.02 Å². The number of guanidine groups is 1. The van der Waals surface area contributed by atoms with Crippen LogP contribution in [0, 0.1) is 5.41 Å². The van der Waals surface area contributed by atoms with Gasteiger partial charge < -0.3 is 10.2 Å².